The van der Waals surface area contributed by atoms with Gasteiger partial charge in [0.1, 0.15) is 5.82 Å². The normalized spacial score (nSPS) is 16.4. The number of hydrogen-bond donors (Lipinski definition) is 2. The summed E-state index contributed by atoms with van der Waals surface area (Å²) in [6.45, 7) is 3.09. The lowest BCUT2D eigenvalue weighted by molar-refractivity contribution is -0.141. The van der Waals surface area contributed by atoms with E-state index in [0.29, 0.717) is 26.1 Å². The van der Waals surface area contributed by atoms with E-state index in [4.69, 9.17) is 0 Å². The van der Waals surface area contributed by atoms with Crippen LogP contribution in [0.4, 0.5) is 24.9 Å². The minimum absolute atomic E-state index is 0.0140. The van der Waals surface area contributed by atoms with Crippen molar-refractivity contribution in [1.29, 1.82) is 0 Å². The molecule has 0 unspecified atom stereocenters. The van der Waals surface area contributed by atoms with Crippen molar-refractivity contribution in [2.24, 2.45) is 0 Å². The van der Waals surface area contributed by atoms with Gasteiger partial charge in [0.15, 0.2) is 5.69 Å². The second-order valence-electron chi connectivity index (χ2n) is 4.59. The second kappa shape index (κ2) is 6.15. The summed E-state index contributed by atoms with van der Waals surface area (Å²) in [7, 11) is 0. The number of carbonyl (C=O) groups excluding carboxylic acids is 1. The summed E-state index contributed by atoms with van der Waals surface area (Å²) < 4.78 is 38.7. The van der Waals surface area contributed by atoms with E-state index in [2.05, 4.69) is 20.6 Å². The molecule has 0 radical (unpaired) electrons. The predicted molar refractivity (Wildman–Crippen MR) is 71.0 cm³/mol. The summed E-state index contributed by atoms with van der Waals surface area (Å²) in [5.74, 6) is -0.220. The third kappa shape index (κ3) is 3.96. The van der Waals surface area contributed by atoms with E-state index in [1.54, 1.807) is 6.92 Å². The minimum atomic E-state index is -4.56. The molecule has 0 spiro atoms. The number of amides is 1. The molecule has 116 valence electrons. The molecule has 1 saturated heterocycles. The van der Waals surface area contributed by atoms with Gasteiger partial charge in [-0.1, -0.05) is 0 Å². The summed E-state index contributed by atoms with van der Waals surface area (Å²) in [6, 6.07) is 0.874. The van der Waals surface area contributed by atoms with Crippen molar-refractivity contribution in [3.63, 3.8) is 0 Å². The molecule has 1 aliphatic rings. The molecule has 0 saturated carbocycles. The average molecular weight is 303 g/mol. The first kappa shape index (κ1) is 15.3. The van der Waals surface area contributed by atoms with Crippen molar-refractivity contribution in [2.75, 3.05) is 36.4 Å². The highest BCUT2D eigenvalue weighted by molar-refractivity contribution is 5.81. The standard InChI is InChI=1S/C12H16F3N5O/c1-2-16-11-18-8(12(13,14)15)6-9(19-11)20-5-3-4-17-10(21)7-20/h6H,2-5,7H2,1H3,(H,17,21)(H,16,18,19). The van der Waals surface area contributed by atoms with Gasteiger partial charge in [-0.05, 0) is 13.3 Å². The Morgan fingerprint density at radius 3 is 2.86 bits per heavy atom. The first-order chi connectivity index (χ1) is 9.90. The molecule has 2 heterocycles. The van der Waals surface area contributed by atoms with Gasteiger partial charge in [-0.15, -0.1) is 0 Å². The third-order valence-corrected chi connectivity index (χ3v) is 2.92. The van der Waals surface area contributed by atoms with Gasteiger partial charge in [0, 0.05) is 25.7 Å². The van der Waals surface area contributed by atoms with Gasteiger partial charge < -0.3 is 15.5 Å². The molecular formula is C12H16F3N5O. The van der Waals surface area contributed by atoms with Crippen LogP contribution in [-0.4, -0.2) is 42.1 Å². The summed E-state index contributed by atoms with van der Waals surface area (Å²) in [5, 5.41) is 5.34. The van der Waals surface area contributed by atoms with E-state index in [1.165, 1.54) is 4.90 Å². The highest BCUT2D eigenvalue weighted by Gasteiger charge is 2.34. The number of nitrogens with one attached hydrogen (secondary N) is 2. The smallest absolute Gasteiger partial charge is 0.354 e. The number of halogens is 3. The quantitative estimate of drug-likeness (QED) is 0.879. The zero-order valence-corrected chi connectivity index (χ0v) is 11.5. The van der Waals surface area contributed by atoms with Gasteiger partial charge >= 0.3 is 6.18 Å². The molecule has 0 aromatic carbocycles. The molecule has 1 fully saturated rings. The van der Waals surface area contributed by atoms with Gasteiger partial charge in [-0.3, -0.25) is 4.79 Å². The van der Waals surface area contributed by atoms with Gasteiger partial charge in [0.05, 0.1) is 6.54 Å². The average Bonchev–Trinajstić information content (AvgIpc) is 2.62. The third-order valence-electron chi connectivity index (χ3n) is 2.92. The Balaban J connectivity index is 2.36. The molecule has 21 heavy (non-hydrogen) atoms. The van der Waals surface area contributed by atoms with Gasteiger partial charge in [-0.25, -0.2) is 4.98 Å². The Bertz CT molecular complexity index is 520. The van der Waals surface area contributed by atoms with Crippen LogP contribution in [0, 0.1) is 0 Å². The van der Waals surface area contributed by atoms with Crippen LogP contribution >= 0.6 is 0 Å². The number of alkyl halides is 3. The van der Waals surface area contributed by atoms with E-state index >= 15 is 0 Å². The Labute approximate surface area is 119 Å². The highest BCUT2D eigenvalue weighted by atomic mass is 19.4. The summed E-state index contributed by atoms with van der Waals surface area (Å²) in [4.78, 5) is 20.6. The Kier molecular flexibility index (Phi) is 4.49. The maximum Gasteiger partial charge on any atom is 0.433 e. The molecule has 0 aliphatic carbocycles. The van der Waals surface area contributed by atoms with Crippen molar-refractivity contribution in [3.8, 4) is 0 Å². The number of anilines is 2. The maximum absolute atomic E-state index is 12.9. The zero-order valence-electron chi connectivity index (χ0n) is 11.5. The Morgan fingerprint density at radius 1 is 1.43 bits per heavy atom. The van der Waals surface area contributed by atoms with Crippen LogP contribution in [0.5, 0.6) is 0 Å². The van der Waals surface area contributed by atoms with E-state index in [0.717, 1.165) is 6.07 Å². The van der Waals surface area contributed by atoms with Gasteiger partial charge in [-0.2, -0.15) is 18.2 Å². The van der Waals surface area contributed by atoms with Crippen molar-refractivity contribution < 1.29 is 18.0 Å². The number of carbonyl (C=O) groups is 1. The highest BCUT2D eigenvalue weighted by Crippen LogP contribution is 2.30. The topological polar surface area (TPSA) is 70.2 Å². The molecule has 9 heteroatoms. The molecule has 6 nitrogen and oxygen atoms in total. The monoisotopic (exact) mass is 303 g/mol. The van der Waals surface area contributed by atoms with E-state index < -0.39 is 11.9 Å². The Hall–Kier alpha value is -2.06. The SMILES string of the molecule is CCNc1nc(N2CCCNC(=O)C2)cc(C(F)(F)F)n1. The zero-order chi connectivity index (χ0) is 15.5. The molecule has 0 bridgehead atoms. The van der Waals surface area contributed by atoms with Crippen LogP contribution in [-0.2, 0) is 11.0 Å². The van der Waals surface area contributed by atoms with Crippen LogP contribution in [0.3, 0.4) is 0 Å². The summed E-state index contributed by atoms with van der Waals surface area (Å²) >= 11 is 0. The lowest BCUT2D eigenvalue weighted by Crippen LogP contribution is -2.34. The Morgan fingerprint density at radius 2 is 2.19 bits per heavy atom. The van der Waals surface area contributed by atoms with Crippen molar-refractivity contribution in [1.82, 2.24) is 15.3 Å². The summed E-state index contributed by atoms with van der Waals surface area (Å²) in [5.41, 5.74) is -1.02. The van der Waals surface area contributed by atoms with Gasteiger partial charge in [0.2, 0.25) is 11.9 Å². The maximum atomic E-state index is 12.9. The number of aromatic nitrogens is 2. The van der Waals surface area contributed by atoms with Crippen molar-refractivity contribution in [2.45, 2.75) is 19.5 Å². The van der Waals surface area contributed by atoms with E-state index in [9.17, 15) is 18.0 Å². The van der Waals surface area contributed by atoms with Crippen LogP contribution in [0.25, 0.3) is 0 Å². The summed E-state index contributed by atoms with van der Waals surface area (Å²) in [6.07, 6.45) is -3.91. The fourth-order valence-electron chi connectivity index (χ4n) is 1.98. The van der Waals surface area contributed by atoms with Crippen LogP contribution in [0.1, 0.15) is 19.0 Å². The molecule has 1 aliphatic heterocycles. The lowest BCUT2D eigenvalue weighted by atomic mass is 10.3. The molecule has 2 rings (SSSR count). The fraction of sp³-hybridized carbons (Fsp3) is 0.583. The molecule has 1 aromatic rings. The first-order valence-electron chi connectivity index (χ1n) is 6.62. The van der Waals surface area contributed by atoms with E-state index in [-0.39, 0.29) is 24.2 Å². The van der Waals surface area contributed by atoms with E-state index in [1.807, 2.05) is 0 Å². The number of nitrogens with zero attached hydrogens (tertiary/aromatic N) is 3. The van der Waals surface area contributed by atoms with Crippen molar-refractivity contribution >= 4 is 17.7 Å². The predicted octanol–water partition coefficient (Wildman–Crippen LogP) is 1.25. The molecule has 2 N–H and O–H groups in total. The molecule has 1 amide bonds. The fourth-order valence-corrected chi connectivity index (χ4v) is 1.98. The second-order valence-corrected chi connectivity index (χ2v) is 4.59. The molecular weight excluding hydrogens is 287 g/mol. The minimum Gasteiger partial charge on any atom is -0.354 e. The van der Waals surface area contributed by atoms with Crippen LogP contribution in [0.15, 0.2) is 6.07 Å². The largest absolute Gasteiger partial charge is 0.433 e. The van der Waals surface area contributed by atoms with Crippen LogP contribution in [0.2, 0.25) is 0 Å². The van der Waals surface area contributed by atoms with Crippen molar-refractivity contribution in [3.05, 3.63) is 11.8 Å². The lowest BCUT2D eigenvalue weighted by Gasteiger charge is -2.21. The number of rotatable bonds is 3. The number of hydrogen-bond acceptors (Lipinski definition) is 5. The van der Waals surface area contributed by atoms with Gasteiger partial charge in [0.25, 0.3) is 0 Å². The van der Waals surface area contributed by atoms with Crippen LogP contribution < -0.4 is 15.5 Å². The molecule has 0 atom stereocenters. The molecule has 1 aromatic heterocycles. The first-order valence-corrected chi connectivity index (χ1v) is 6.62.